The number of Topliss-reactive ketones (excluding diaryl/α,β-unsaturated/α-hetero) is 1. The van der Waals surface area contributed by atoms with Gasteiger partial charge in [-0.15, -0.1) is 0 Å². The van der Waals surface area contributed by atoms with E-state index in [9.17, 15) is 9.90 Å². The number of aryl methyl sites for hydroxylation is 2. The first kappa shape index (κ1) is 13.1. The SMILES string of the molecule is Cc1cc(O)cc(C)c1C(=O)CN1CCNCC1. The van der Waals surface area contributed by atoms with Gasteiger partial charge in [-0.1, -0.05) is 0 Å². The van der Waals surface area contributed by atoms with Crippen molar-refractivity contribution in [1.29, 1.82) is 0 Å². The fourth-order valence-electron chi connectivity index (χ4n) is 2.53. The van der Waals surface area contributed by atoms with E-state index in [4.69, 9.17) is 0 Å². The predicted molar refractivity (Wildman–Crippen MR) is 71.2 cm³/mol. The Morgan fingerprint density at radius 1 is 1.28 bits per heavy atom. The molecule has 0 amide bonds. The Balaban J connectivity index is 2.13. The number of benzene rings is 1. The van der Waals surface area contributed by atoms with Crippen LogP contribution in [-0.2, 0) is 0 Å². The van der Waals surface area contributed by atoms with Crippen LogP contribution >= 0.6 is 0 Å². The summed E-state index contributed by atoms with van der Waals surface area (Å²) < 4.78 is 0. The number of piperazine rings is 1. The van der Waals surface area contributed by atoms with Gasteiger partial charge in [0.05, 0.1) is 6.54 Å². The van der Waals surface area contributed by atoms with Crippen molar-refractivity contribution in [3.05, 3.63) is 28.8 Å². The Hall–Kier alpha value is -1.39. The maximum absolute atomic E-state index is 12.3. The molecule has 1 fully saturated rings. The maximum atomic E-state index is 12.3. The molecule has 18 heavy (non-hydrogen) atoms. The minimum Gasteiger partial charge on any atom is -0.508 e. The highest BCUT2D eigenvalue weighted by atomic mass is 16.3. The maximum Gasteiger partial charge on any atom is 0.177 e. The minimum atomic E-state index is 0.145. The molecule has 0 spiro atoms. The molecule has 0 radical (unpaired) electrons. The number of hydrogen-bond acceptors (Lipinski definition) is 4. The zero-order chi connectivity index (χ0) is 13.1. The van der Waals surface area contributed by atoms with Gasteiger partial charge in [-0.05, 0) is 37.1 Å². The van der Waals surface area contributed by atoms with Gasteiger partial charge in [0.1, 0.15) is 5.75 Å². The molecule has 0 bridgehead atoms. The van der Waals surface area contributed by atoms with Gasteiger partial charge >= 0.3 is 0 Å². The van der Waals surface area contributed by atoms with E-state index in [1.54, 1.807) is 12.1 Å². The van der Waals surface area contributed by atoms with E-state index in [1.165, 1.54) is 0 Å². The third kappa shape index (κ3) is 2.89. The van der Waals surface area contributed by atoms with Crippen LogP contribution in [0.3, 0.4) is 0 Å². The number of nitrogens with zero attached hydrogens (tertiary/aromatic N) is 1. The number of nitrogens with one attached hydrogen (secondary N) is 1. The molecule has 1 aromatic carbocycles. The summed E-state index contributed by atoms with van der Waals surface area (Å²) in [6.45, 7) is 7.94. The van der Waals surface area contributed by atoms with Crippen LogP contribution < -0.4 is 5.32 Å². The van der Waals surface area contributed by atoms with Crippen molar-refractivity contribution in [2.45, 2.75) is 13.8 Å². The second-order valence-corrected chi connectivity index (χ2v) is 4.90. The number of aromatic hydroxyl groups is 1. The first-order valence-corrected chi connectivity index (χ1v) is 6.34. The van der Waals surface area contributed by atoms with Gasteiger partial charge in [0.2, 0.25) is 0 Å². The van der Waals surface area contributed by atoms with E-state index in [1.807, 2.05) is 13.8 Å². The molecule has 2 N–H and O–H groups in total. The Morgan fingerprint density at radius 2 is 1.83 bits per heavy atom. The van der Waals surface area contributed by atoms with Crippen molar-refractivity contribution in [2.75, 3.05) is 32.7 Å². The summed E-state index contributed by atoms with van der Waals surface area (Å²) in [5.41, 5.74) is 2.46. The van der Waals surface area contributed by atoms with Crippen LogP contribution in [0.2, 0.25) is 0 Å². The van der Waals surface area contributed by atoms with Gasteiger partial charge in [-0.3, -0.25) is 9.69 Å². The van der Waals surface area contributed by atoms with Crippen LogP contribution in [0.5, 0.6) is 5.75 Å². The number of carbonyl (C=O) groups is 1. The van der Waals surface area contributed by atoms with Crippen molar-refractivity contribution >= 4 is 5.78 Å². The zero-order valence-electron chi connectivity index (χ0n) is 11.0. The normalized spacial score (nSPS) is 16.8. The molecular formula is C14H20N2O2. The highest BCUT2D eigenvalue weighted by Crippen LogP contribution is 2.21. The van der Waals surface area contributed by atoms with Crippen LogP contribution in [-0.4, -0.2) is 48.5 Å². The monoisotopic (exact) mass is 248 g/mol. The van der Waals surface area contributed by atoms with Gasteiger partial charge in [0.15, 0.2) is 5.78 Å². The Bertz CT molecular complexity index is 428. The molecule has 1 saturated heterocycles. The average molecular weight is 248 g/mol. The standard InChI is InChI=1S/C14H20N2O2/c1-10-7-12(17)8-11(2)14(10)13(18)9-16-5-3-15-4-6-16/h7-8,15,17H,3-6,9H2,1-2H3. The molecule has 1 aliphatic rings. The van der Waals surface area contributed by atoms with E-state index in [0.717, 1.165) is 42.9 Å². The number of rotatable bonds is 3. The second kappa shape index (κ2) is 5.50. The van der Waals surface area contributed by atoms with E-state index >= 15 is 0 Å². The highest BCUT2D eigenvalue weighted by Gasteiger charge is 2.18. The van der Waals surface area contributed by atoms with E-state index in [2.05, 4.69) is 10.2 Å². The number of carbonyl (C=O) groups excluding carboxylic acids is 1. The summed E-state index contributed by atoms with van der Waals surface area (Å²) in [4.78, 5) is 14.5. The molecule has 0 atom stereocenters. The van der Waals surface area contributed by atoms with Gasteiger partial charge in [-0.2, -0.15) is 0 Å². The van der Waals surface area contributed by atoms with E-state index < -0.39 is 0 Å². The fraction of sp³-hybridized carbons (Fsp3) is 0.500. The summed E-state index contributed by atoms with van der Waals surface area (Å²) in [6.07, 6.45) is 0. The zero-order valence-corrected chi connectivity index (χ0v) is 11.0. The number of ketones is 1. The molecule has 0 aliphatic carbocycles. The quantitative estimate of drug-likeness (QED) is 0.786. The summed E-state index contributed by atoms with van der Waals surface area (Å²) in [7, 11) is 0. The van der Waals surface area contributed by atoms with Crippen LogP contribution in [0.4, 0.5) is 0 Å². The number of phenolic OH excluding ortho intramolecular Hbond substituents is 1. The first-order valence-electron chi connectivity index (χ1n) is 6.34. The lowest BCUT2D eigenvalue weighted by Gasteiger charge is -2.26. The molecular weight excluding hydrogens is 228 g/mol. The summed E-state index contributed by atoms with van der Waals surface area (Å²) >= 11 is 0. The van der Waals surface area contributed by atoms with Crippen LogP contribution in [0.1, 0.15) is 21.5 Å². The van der Waals surface area contributed by atoms with Crippen molar-refractivity contribution in [3.8, 4) is 5.75 Å². The van der Waals surface area contributed by atoms with Crippen LogP contribution in [0, 0.1) is 13.8 Å². The molecule has 98 valence electrons. The molecule has 4 nitrogen and oxygen atoms in total. The Labute approximate surface area is 108 Å². The lowest BCUT2D eigenvalue weighted by molar-refractivity contribution is 0.0920. The molecule has 0 aromatic heterocycles. The van der Waals surface area contributed by atoms with Gasteiger partial charge in [-0.25, -0.2) is 0 Å². The van der Waals surface area contributed by atoms with Crippen molar-refractivity contribution < 1.29 is 9.90 Å². The number of hydrogen-bond donors (Lipinski definition) is 2. The Morgan fingerprint density at radius 3 is 2.39 bits per heavy atom. The third-order valence-electron chi connectivity index (χ3n) is 3.37. The lowest BCUT2D eigenvalue weighted by Crippen LogP contribution is -2.45. The van der Waals surface area contributed by atoms with E-state index in [-0.39, 0.29) is 11.5 Å². The van der Waals surface area contributed by atoms with Gasteiger partial charge in [0.25, 0.3) is 0 Å². The third-order valence-corrected chi connectivity index (χ3v) is 3.37. The average Bonchev–Trinajstić information content (AvgIpc) is 2.28. The van der Waals surface area contributed by atoms with Crippen LogP contribution in [0.15, 0.2) is 12.1 Å². The lowest BCUT2D eigenvalue weighted by atomic mass is 9.98. The number of phenols is 1. The molecule has 1 aromatic rings. The molecule has 0 unspecified atom stereocenters. The largest absolute Gasteiger partial charge is 0.508 e. The fourth-order valence-corrected chi connectivity index (χ4v) is 2.53. The highest BCUT2D eigenvalue weighted by molar-refractivity contribution is 6.00. The molecule has 1 heterocycles. The van der Waals surface area contributed by atoms with Gasteiger partial charge in [0, 0.05) is 31.7 Å². The molecule has 4 heteroatoms. The smallest absolute Gasteiger partial charge is 0.177 e. The first-order chi connectivity index (χ1) is 8.58. The summed E-state index contributed by atoms with van der Waals surface area (Å²) in [6, 6.07) is 3.30. The second-order valence-electron chi connectivity index (χ2n) is 4.90. The predicted octanol–water partition coefficient (Wildman–Crippen LogP) is 1.10. The van der Waals surface area contributed by atoms with Crippen LogP contribution in [0.25, 0.3) is 0 Å². The minimum absolute atomic E-state index is 0.145. The topological polar surface area (TPSA) is 52.6 Å². The van der Waals surface area contributed by atoms with Crippen molar-refractivity contribution in [1.82, 2.24) is 10.2 Å². The summed E-state index contributed by atoms with van der Waals surface area (Å²) in [5, 5.41) is 12.8. The van der Waals surface area contributed by atoms with Gasteiger partial charge < -0.3 is 10.4 Å². The molecule has 0 saturated carbocycles. The van der Waals surface area contributed by atoms with Crippen molar-refractivity contribution in [3.63, 3.8) is 0 Å². The Kier molecular flexibility index (Phi) is 3.99. The molecule has 1 aliphatic heterocycles. The molecule has 2 rings (SSSR count). The van der Waals surface area contributed by atoms with E-state index in [0.29, 0.717) is 6.54 Å². The summed E-state index contributed by atoms with van der Waals surface area (Å²) in [5.74, 6) is 0.371. The van der Waals surface area contributed by atoms with Crippen molar-refractivity contribution in [2.24, 2.45) is 0 Å².